The number of rotatable bonds is 4. The third-order valence-electron chi connectivity index (χ3n) is 1.99. The fourth-order valence-corrected chi connectivity index (χ4v) is 1.92. The lowest BCUT2D eigenvalue weighted by Crippen LogP contribution is -2.10. The highest BCUT2D eigenvalue weighted by Crippen LogP contribution is 2.20. The number of amides is 1. The SMILES string of the molecule is Cc1cc(C(=O)Nc2ncc(C=CC(=O)O)s2)on1. The van der Waals surface area contributed by atoms with E-state index in [-0.39, 0.29) is 5.76 Å². The van der Waals surface area contributed by atoms with Gasteiger partial charge in [-0.2, -0.15) is 0 Å². The van der Waals surface area contributed by atoms with Crippen LogP contribution in [0.4, 0.5) is 5.13 Å². The Kier molecular flexibility index (Phi) is 3.71. The zero-order chi connectivity index (χ0) is 13.8. The van der Waals surface area contributed by atoms with E-state index in [1.807, 2.05) is 0 Å². The lowest BCUT2D eigenvalue weighted by molar-refractivity contribution is -0.131. The molecule has 0 saturated carbocycles. The van der Waals surface area contributed by atoms with E-state index in [2.05, 4.69) is 15.5 Å². The molecule has 0 aromatic carbocycles. The van der Waals surface area contributed by atoms with Gasteiger partial charge in [0.25, 0.3) is 5.91 Å². The maximum Gasteiger partial charge on any atom is 0.328 e. The molecule has 0 fully saturated rings. The molecule has 8 heteroatoms. The number of hydrogen-bond acceptors (Lipinski definition) is 6. The van der Waals surface area contributed by atoms with Crippen LogP contribution in [0.3, 0.4) is 0 Å². The first-order chi connectivity index (χ1) is 9.04. The molecule has 0 spiro atoms. The van der Waals surface area contributed by atoms with Gasteiger partial charge in [0.2, 0.25) is 5.76 Å². The van der Waals surface area contributed by atoms with Crippen LogP contribution in [0.2, 0.25) is 0 Å². The van der Waals surface area contributed by atoms with Gasteiger partial charge >= 0.3 is 5.97 Å². The highest BCUT2D eigenvalue weighted by Gasteiger charge is 2.13. The van der Waals surface area contributed by atoms with Crippen molar-refractivity contribution in [3.05, 3.63) is 34.7 Å². The van der Waals surface area contributed by atoms with E-state index in [1.54, 1.807) is 6.92 Å². The molecule has 1 amide bonds. The van der Waals surface area contributed by atoms with Gasteiger partial charge in [0.05, 0.1) is 5.69 Å². The second-order valence-electron chi connectivity index (χ2n) is 3.53. The Morgan fingerprint density at radius 1 is 1.53 bits per heavy atom. The highest BCUT2D eigenvalue weighted by atomic mass is 32.1. The Labute approximate surface area is 111 Å². The van der Waals surface area contributed by atoms with Crippen molar-refractivity contribution in [3.8, 4) is 0 Å². The standard InChI is InChI=1S/C11H9N3O4S/c1-6-4-8(18-14-6)10(17)13-11-12-5-7(19-11)2-3-9(15)16/h2-5H,1H3,(H,15,16)(H,12,13,17). The summed E-state index contributed by atoms with van der Waals surface area (Å²) in [5.74, 6) is -1.41. The zero-order valence-electron chi connectivity index (χ0n) is 9.78. The molecule has 2 rings (SSSR count). The zero-order valence-corrected chi connectivity index (χ0v) is 10.6. The number of aromatic nitrogens is 2. The first-order valence-corrected chi connectivity index (χ1v) is 5.98. The molecule has 0 bridgehead atoms. The summed E-state index contributed by atoms with van der Waals surface area (Å²) in [6, 6.07) is 1.51. The van der Waals surface area contributed by atoms with Crippen molar-refractivity contribution in [1.82, 2.24) is 10.1 Å². The molecule has 0 atom stereocenters. The molecular formula is C11H9N3O4S. The average Bonchev–Trinajstić information content (AvgIpc) is 2.95. The summed E-state index contributed by atoms with van der Waals surface area (Å²) in [6.07, 6.45) is 3.86. The fraction of sp³-hybridized carbons (Fsp3) is 0.0909. The molecule has 2 aromatic rings. The number of nitrogens with one attached hydrogen (secondary N) is 1. The molecule has 7 nitrogen and oxygen atoms in total. The van der Waals surface area contributed by atoms with Gasteiger partial charge in [-0.05, 0) is 13.0 Å². The number of nitrogens with zero attached hydrogens (tertiary/aromatic N) is 2. The van der Waals surface area contributed by atoms with Gasteiger partial charge in [0.15, 0.2) is 5.13 Å². The number of carbonyl (C=O) groups excluding carboxylic acids is 1. The predicted octanol–water partition coefficient (Wildman–Crippen LogP) is 1.79. The van der Waals surface area contributed by atoms with E-state index in [0.717, 1.165) is 17.4 Å². The van der Waals surface area contributed by atoms with Gasteiger partial charge < -0.3 is 9.63 Å². The molecule has 0 unspecified atom stereocenters. The van der Waals surface area contributed by atoms with E-state index in [0.29, 0.717) is 15.7 Å². The van der Waals surface area contributed by atoms with Crippen LogP contribution in [-0.2, 0) is 4.79 Å². The lowest BCUT2D eigenvalue weighted by Gasteiger charge is -1.95. The quantitative estimate of drug-likeness (QED) is 0.826. The van der Waals surface area contributed by atoms with Crippen molar-refractivity contribution >= 4 is 34.4 Å². The molecule has 0 aliphatic carbocycles. The minimum atomic E-state index is -1.05. The van der Waals surface area contributed by atoms with Crippen LogP contribution in [-0.4, -0.2) is 27.1 Å². The Balaban J connectivity index is 2.04. The molecule has 2 heterocycles. The fourth-order valence-electron chi connectivity index (χ4n) is 1.20. The van der Waals surface area contributed by atoms with Gasteiger partial charge in [0, 0.05) is 23.2 Å². The van der Waals surface area contributed by atoms with Crippen LogP contribution in [0.1, 0.15) is 21.1 Å². The largest absolute Gasteiger partial charge is 0.478 e. The van der Waals surface area contributed by atoms with E-state index in [9.17, 15) is 9.59 Å². The number of thiazole rings is 1. The van der Waals surface area contributed by atoms with Gasteiger partial charge in [-0.15, -0.1) is 0 Å². The molecule has 98 valence electrons. The normalized spacial score (nSPS) is 10.8. The summed E-state index contributed by atoms with van der Waals surface area (Å²) < 4.78 is 4.81. The van der Waals surface area contributed by atoms with E-state index in [1.165, 1.54) is 18.3 Å². The van der Waals surface area contributed by atoms with Crippen LogP contribution < -0.4 is 5.32 Å². The summed E-state index contributed by atoms with van der Waals surface area (Å²) in [7, 11) is 0. The Bertz CT molecular complexity index is 644. The summed E-state index contributed by atoms with van der Waals surface area (Å²) in [6.45, 7) is 1.71. The Morgan fingerprint density at radius 2 is 2.32 bits per heavy atom. The van der Waals surface area contributed by atoms with E-state index < -0.39 is 11.9 Å². The topological polar surface area (TPSA) is 105 Å². The number of carboxylic acids is 1. The van der Waals surface area contributed by atoms with Gasteiger partial charge in [-0.1, -0.05) is 16.5 Å². The van der Waals surface area contributed by atoms with Crippen LogP contribution in [0.15, 0.2) is 22.9 Å². The molecule has 0 aliphatic rings. The summed E-state index contributed by atoms with van der Waals surface area (Å²) in [5.41, 5.74) is 0.606. The first kappa shape index (κ1) is 13.0. The van der Waals surface area contributed by atoms with Crippen molar-refractivity contribution in [1.29, 1.82) is 0 Å². The highest BCUT2D eigenvalue weighted by molar-refractivity contribution is 7.16. The summed E-state index contributed by atoms with van der Waals surface area (Å²) in [4.78, 5) is 26.6. The molecule has 2 aromatic heterocycles. The smallest absolute Gasteiger partial charge is 0.328 e. The maximum atomic E-state index is 11.7. The maximum absolute atomic E-state index is 11.7. The molecule has 0 saturated heterocycles. The van der Waals surface area contributed by atoms with Crippen molar-refractivity contribution in [3.63, 3.8) is 0 Å². The Hall–Kier alpha value is -2.48. The Morgan fingerprint density at radius 3 is 2.95 bits per heavy atom. The van der Waals surface area contributed by atoms with Crippen LogP contribution in [0.5, 0.6) is 0 Å². The minimum absolute atomic E-state index is 0.0929. The number of carbonyl (C=O) groups is 2. The second kappa shape index (κ2) is 5.44. The first-order valence-electron chi connectivity index (χ1n) is 5.16. The lowest BCUT2D eigenvalue weighted by atomic mass is 10.4. The monoisotopic (exact) mass is 279 g/mol. The van der Waals surface area contributed by atoms with Gasteiger partial charge in [0.1, 0.15) is 0 Å². The molecule has 19 heavy (non-hydrogen) atoms. The summed E-state index contributed by atoms with van der Waals surface area (Å²) in [5, 5.41) is 15.0. The number of carboxylic acid groups (broad SMARTS) is 1. The van der Waals surface area contributed by atoms with Crippen molar-refractivity contribution in [2.75, 3.05) is 5.32 Å². The number of aryl methyl sites for hydroxylation is 1. The number of anilines is 1. The van der Waals surface area contributed by atoms with E-state index >= 15 is 0 Å². The molecule has 2 N–H and O–H groups in total. The second-order valence-corrected chi connectivity index (χ2v) is 4.59. The van der Waals surface area contributed by atoms with Crippen LogP contribution in [0.25, 0.3) is 6.08 Å². The predicted molar refractivity (Wildman–Crippen MR) is 68.0 cm³/mol. The van der Waals surface area contributed by atoms with Crippen molar-refractivity contribution in [2.24, 2.45) is 0 Å². The average molecular weight is 279 g/mol. The van der Waals surface area contributed by atoms with Crippen LogP contribution >= 0.6 is 11.3 Å². The summed E-state index contributed by atoms with van der Waals surface area (Å²) >= 11 is 1.15. The van der Waals surface area contributed by atoms with E-state index in [4.69, 9.17) is 9.63 Å². The number of hydrogen-bond donors (Lipinski definition) is 2. The van der Waals surface area contributed by atoms with Crippen molar-refractivity contribution in [2.45, 2.75) is 6.92 Å². The third kappa shape index (κ3) is 3.49. The number of aliphatic carboxylic acids is 1. The molecule has 0 radical (unpaired) electrons. The van der Waals surface area contributed by atoms with Gasteiger partial charge in [-0.3, -0.25) is 10.1 Å². The third-order valence-corrected chi connectivity index (χ3v) is 2.86. The van der Waals surface area contributed by atoms with Crippen molar-refractivity contribution < 1.29 is 19.2 Å². The van der Waals surface area contributed by atoms with Gasteiger partial charge in [-0.25, -0.2) is 9.78 Å². The van der Waals surface area contributed by atoms with Crippen LogP contribution in [0, 0.1) is 6.92 Å². The minimum Gasteiger partial charge on any atom is -0.478 e. The molecular weight excluding hydrogens is 270 g/mol. The molecule has 0 aliphatic heterocycles.